The Morgan fingerprint density at radius 3 is 2.55 bits per heavy atom. The first-order valence-electron chi connectivity index (χ1n) is 10.3. The molecular weight excluding hydrogens is 364 g/mol. The number of carbonyl (C=O) groups is 2. The smallest absolute Gasteiger partial charge is 0.254 e. The van der Waals surface area contributed by atoms with Crippen LogP contribution in [0, 0.1) is 0 Å². The van der Waals surface area contributed by atoms with Gasteiger partial charge in [-0.3, -0.25) is 9.59 Å². The van der Waals surface area contributed by atoms with Gasteiger partial charge in [0.15, 0.2) is 0 Å². The van der Waals surface area contributed by atoms with Crippen LogP contribution in [0.1, 0.15) is 46.9 Å². The van der Waals surface area contributed by atoms with Crippen molar-refractivity contribution >= 4 is 11.8 Å². The second kappa shape index (κ2) is 9.70. The summed E-state index contributed by atoms with van der Waals surface area (Å²) in [5, 5.41) is 0. The zero-order chi connectivity index (χ0) is 20.8. The summed E-state index contributed by atoms with van der Waals surface area (Å²) in [6, 6.07) is 15.9. The topological polar surface area (TPSA) is 49.9 Å². The Hall–Kier alpha value is -2.66. The SMILES string of the molecule is CCc1ccc(C(=O)N(CCOC)CC(=O)N2CCc3ccccc3C2C)cc1. The maximum atomic E-state index is 13.1. The Morgan fingerprint density at radius 2 is 1.86 bits per heavy atom. The highest BCUT2D eigenvalue weighted by Crippen LogP contribution is 2.29. The van der Waals surface area contributed by atoms with Crippen molar-refractivity contribution in [1.29, 1.82) is 0 Å². The van der Waals surface area contributed by atoms with Crippen molar-refractivity contribution < 1.29 is 14.3 Å². The normalized spacial score (nSPS) is 15.7. The molecule has 5 nitrogen and oxygen atoms in total. The van der Waals surface area contributed by atoms with E-state index < -0.39 is 0 Å². The predicted molar refractivity (Wildman–Crippen MR) is 114 cm³/mol. The maximum Gasteiger partial charge on any atom is 0.254 e. The molecule has 1 atom stereocenters. The summed E-state index contributed by atoms with van der Waals surface area (Å²) in [4.78, 5) is 29.6. The van der Waals surface area contributed by atoms with E-state index in [2.05, 4.69) is 26.0 Å². The molecule has 154 valence electrons. The molecule has 1 unspecified atom stereocenters. The third-order valence-electron chi connectivity index (χ3n) is 5.70. The average molecular weight is 395 g/mol. The molecule has 3 rings (SSSR count). The van der Waals surface area contributed by atoms with Crippen molar-refractivity contribution in [3.05, 3.63) is 70.8 Å². The van der Waals surface area contributed by atoms with Gasteiger partial charge in [0.25, 0.3) is 5.91 Å². The summed E-state index contributed by atoms with van der Waals surface area (Å²) in [5.74, 6) is -0.162. The molecule has 0 fully saturated rings. The molecule has 0 aromatic heterocycles. The van der Waals surface area contributed by atoms with Crippen LogP contribution in [-0.4, -0.2) is 55.0 Å². The fourth-order valence-corrected chi connectivity index (χ4v) is 3.89. The molecule has 0 radical (unpaired) electrons. The first-order valence-corrected chi connectivity index (χ1v) is 10.3. The van der Waals surface area contributed by atoms with Gasteiger partial charge in [0.2, 0.25) is 5.91 Å². The summed E-state index contributed by atoms with van der Waals surface area (Å²) >= 11 is 0. The number of hydrogen-bond acceptors (Lipinski definition) is 3. The summed E-state index contributed by atoms with van der Waals surface area (Å²) < 4.78 is 5.17. The van der Waals surface area contributed by atoms with Crippen LogP contribution >= 0.6 is 0 Å². The fourth-order valence-electron chi connectivity index (χ4n) is 3.89. The standard InChI is InChI=1S/C24H30N2O3/c1-4-19-9-11-21(12-10-19)24(28)25(15-16-29-3)17-23(27)26-14-13-20-7-5-6-8-22(20)18(26)2/h5-12,18H,4,13-17H2,1-3H3. The third kappa shape index (κ3) is 4.85. The number of aryl methyl sites for hydroxylation is 1. The highest BCUT2D eigenvalue weighted by atomic mass is 16.5. The molecule has 0 N–H and O–H groups in total. The number of methoxy groups -OCH3 is 1. The summed E-state index contributed by atoms with van der Waals surface area (Å²) in [6.45, 7) is 5.65. The van der Waals surface area contributed by atoms with Gasteiger partial charge in [-0.1, -0.05) is 43.3 Å². The average Bonchev–Trinajstić information content (AvgIpc) is 2.76. The van der Waals surface area contributed by atoms with Gasteiger partial charge >= 0.3 is 0 Å². The van der Waals surface area contributed by atoms with Crippen molar-refractivity contribution in [3.8, 4) is 0 Å². The van der Waals surface area contributed by atoms with Gasteiger partial charge in [0.1, 0.15) is 6.54 Å². The lowest BCUT2D eigenvalue weighted by Crippen LogP contribution is -2.46. The molecule has 0 spiro atoms. The van der Waals surface area contributed by atoms with Gasteiger partial charge in [-0.2, -0.15) is 0 Å². The van der Waals surface area contributed by atoms with Crippen molar-refractivity contribution in [1.82, 2.24) is 9.80 Å². The number of rotatable bonds is 7. The molecule has 2 amide bonds. The number of carbonyl (C=O) groups excluding carboxylic acids is 2. The van der Waals surface area contributed by atoms with E-state index in [9.17, 15) is 9.59 Å². The Kier molecular flexibility index (Phi) is 7.04. The molecule has 1 aliphatic heterocycles. The summed E-state index contributed by atoms with van der Waals surface area (Å²) in [7, 11) is 1.60. The molecule has 0 aliphatic carbocycles. The third-order valence-corrected chi connectivity index (χ3v) is 5.70. The van der Waals surface area contributed by atoms with Crippen LogP contribution in [0.25, 0.3) is 0 Å². The second-order valence-electron chi connectivity index (χ2n) is 7.48. The van der Waals surface area contributed by atoms with Gasteiger partial charge in [0, 0.05) is 25.8 Å². The Morgan fingerprint density at radius 1 is 1.14 bits per heavy atom. The van der Waals surface area contributed by atoms with Gasteiger partial charge in [-0.15, -0.1) is 0 Å². The predicted octanol–water partition coefficient (Wildman–Crippen LogP) is 3.48. The number of amides is 2. The number of fused-ring (bicyclic) bond motifs is 1. The lowest BCUT2D eigenvalue weighted by Gasteiger charge is -2.36. The van der Waals surface area contributed by atoms with E-state index in [1.165, 1.54) is 16.7 Å². The molecule has 1 aliphatic rings. The molecule has 0 bridgehead atoms. The van der Waals surface area contributed by atoms with E-state index >= 15 is 0 Å². The van der Waals surface area contributed by atoms with Crippen molar-refractivity contribution in [3.63, 3.8) is 0 Å². The maximum absolute atomic E-state index is 13.1. The molecule has 2 aromatic rings. The van der Waals surface area contributed by atoms with E-state index in [4.69, 9.17) is 4.74 Å². The highest BCUT2D eigenvalue weighted by Gasteiger charge is 2.29. The van der Waals surface area contributed by atoms with Crippen molar-refractivity contribution in [2.24, 2.45) is 0 Å². The van der Waals surface area contributed by atoms with Crippen molar-refractivity contribution in [2.45, 2.75) is 32.7 Å². The lowest BCUT2D eigenvalue weighted by atomic mass is 9.93. The van der Waals surface area contributed by atoms with Crippen LogP contribution in [0.2, 0.25) is 0 Å². The minimum Gasteiger partial charge on any atom is -0.383 e. The van der Waals surface area contributed by atoms with Crippen LogP contribution in [0.3, 0.4) is 0 Å². The first kappa shape index (κ1) is 21.1. The van der Waals surface area contributed by atoms with E-state index in [1.54, 1.807) is 12.0 Å². The molecule has 2 aromatic carbocycles. The molecule has 1 heterocycles. The Bertz CT molecular complexity index is 847. The first-order chi connectivity index (χ1) is 14.0. The van der Waals surface area contributed by atoms with E-state index in [1.807, 2.05) is 41.3 Å². The van der Waals surface area contributed by atoms with Gasteiger partial charge in [-0.05, 0) is 48.6 Å². The van der Waals surface area contributed by atoms with Crippen LogP contribution < -0.4 is 0 Å². The fraction of sp³-hybridized carbons (Fsp3) is 0.417. The zero-order valence-electron chi connectivity index (χ0n) is 17.6. The van der Waals surface area contributed by atoms with Crippen molar-refractivity contribution in [2.75, 3.05) is 33.4 Å². The van der Waals surface area contributed by atoms with Gasteiger partial charge in [-0.25, -0.2) is 0 Å². The number of benzene rings is 2. The van der Waals surface area contributed by atoms with Gasteiger partial charge in [0.05, 0.1) is 12.6 Å². The molecular formula is C24H30N2O3. The van der Waals surface area contributed by atoms with Crippen LogP contribution in [0.15, 0.2) is 48.5 Å². The van der Waals surface area contributed by atoms with Gasteiger partial charge < -0.3 is 14.5 Å². The number of ether oxygens (including phenoxy) is 1. The summed E-state index contributed by atoms with van der Waals surface area (Å²) in [6.07, 6.45) is 1.77. The Labute approximate surface area is 173 Å². The highest BCUT2D eigenvalue weighted by molar-refractivity contribution is 5.96. The quantitative estimate of drug-likeness (QED) is 0.722. The minimum atomic E-state index is -0.136. The second-order valence-corrected chi connectivity index (χ2v) is 7.48. The number of nitrogens with zero attached hydrogens (tertiary/aromatic N) is 2. The Balaban J connectivity index is 1.74. The van der Waals surface area contributed by atoms with Crippen LogP contribution in [0.5, 0.6) is 0 Å². The summed E-state index contributed by atoms with van der Waals surface area (Å²) in [5.41, 5.74) is 4.27. The minimum absolute atomic E-state index is 0.00987. The molecule has 5 heteroatoms. The van der Waals surface area contributed by atoms with Crippen LogP contribution in [0.4, 0.5) is 0 Å². The molecule has 0 saturated heterocycles. The van der Waals surface area contributed by atoms with Crippen LogP contribution in [-0.2, 0) is 22.4 Å². The lowest BCUT2D eigenvalue weighted by molar-refractivity contribution is -0.134. The zero-order valence-corrected chi connectivity index (χ0v) is 17.6. The molecule has 0 saturated carbocycles. The largest absolute Gasteiger partial charge is 0.383 e. The van der Waals surface area contributed by atoms with E-state index in [-0.39, 0.29) is 24.4 Å². The monoisotopic (exact) mass is 394 g/mol. The van der Waals surface area contributed by atoms with E-state index in [0.29, 0.717) is 25.3 Å². The number of hydrogen-bond donors (Lipinski definition) is 0. The molecule has 29 heavy (non-hydrogen) atoms. The van der Waals surface area contributed by atoms with E-state index in [0.717, 1.165) is 12.8 Å².